The number of benzene rings is 1. The summed E-state index contributed by atoms with van der Waals surface area (Å²) in [5, 5.41) is 0. The van der Waals surface area contributed by atoms with Crippen LogP contribution >= 0.6 is 0 Å². The smallest absolute Gasteiger partial charge is 0.282 e. The fourth-order valence-corrected chi connectivity index (χ4v) is 1.58. The van der Waals surface area contributed by atoms with Gasteiger partial charge in [-0.3, -0.25) is 9.59 Å². The predicted octanol–water partition coefficient (Wildman–Crippen LogP) is 2.23. The third kappa shape index (κ3) is 1.01. The van der Waals surface area contributed by atoms with Crippen LogP contribution in [0, 0.1) is 0 Å². The van der Waals surface area contributed by atoms with E-state index in [-0.39, 0.29) is 17.1 Å². The highest BCUT2D eigenvalue weighted by molar-refractivity contribution is 6.51. The van der Waals surface area contributed by atoms with Crippen LogP contribution in [0.5, 0.6) is 0 Å². The molecule has 3 rings (SSSR count). The fraction of sp³-hybridized carbons (Fsp3) is 0. The Labute approximate surface area is 87.5 Å². The molecule has 1 aliphatic rings. The highest BCUT2D eigenvalue weighted by atomic mass is 17.4. The number of carbonyl (C=O) groups is 2. The average Bonchev–Trinajstić information content (AvgIpc) is 2.36. The van der Waals surface area contributed by atoms with E-state index in [9.17, 15) is 9.59 Å². The molecule has 0 radical (unpaired) electrons. The van der Waals surface area contributed by atoms with Crippen LogP contribution in [0.4, 0.5) is 0 Å². The van der Waals surface area contributed by atoms with Gasteiger partial charge in [0.25, 0.3) is 11.5 Å². The molecule has 0 saturated carbocycles. The Hall–Kier alpha value is -2.50. The highest BCUT2D eigenvalue weighted by Gasteiger charge is 2.36. The molecular weight excluding hydrogens is 216 g/mol. The second-order valence-corrected chi connectivity index (χ2v) is 3.16. The van der Waals surface area contributed by atoms with Crippen LogP contribution in [-0.4, -0.2) is 11.6 Å². The summed E-state index contributed by atoms with van der Waals surface area (Å²) in [6.45, 7) is 0. The van der Waals surface area contributed by atoms with E-state index >= 15 is 0 Å². The monoisotopic (exact) mass is 220 g/mol. The van der Waals surface area contributed by atoms with E-state index in [0.29, 0.717) is 5.56 Å². The van der Waals surface area contributed by atoms with Crippen LogP contribution in [0.15, 0.2) is 42.9 Å². The van der Waals surface area contributed by atoms with Crippen molar-refractivity contribution in [3.63, 3.8) is 0 Å². The van der Waals surface area contributed by atoms with Gasteiger partial charge in [0.2, 0.25) is 11.5 Å². The second kappa shape index (κ2) is 2.99. The molecule has 80 valence electrons. The maximum atomic E-state index is 11.7. The quantitative estimate of drug-likeness (QED) is 0.499. The molecular formula is C10H4O6. The topological polar surface area (TPSA) is 86.7 Å². The normalized spacial score (nSPS) is 13.2. The Bertz CT molecular complexity index is 563. The van der Waals surface area contributed by atoms with Crippen molar-refractivity contribution in [3.05, 3.63) is 35.6 Å². The first-order valence-electron chi connectivity index (χ1n) is 4.39. The number of fused-ring (bicyclic) bond motifs is 3. The van der Waals surface area contributed by atoms with Crippen molar-refractivity contribution in [1.29, 1.82) is 0 Å². The Balaban J connectivity index is 2.41. The van der Waals surface area contributed by atoms with Gasteiger partial charge in [-0.2, -0.15) is 0 Å². The van der Waals surface area contributed by atoms with Gasteiger partial charge in [-0.25, -0.2) is 9.15 Å². The van der Waals surface area contributed by atoms with Crippen LogP contribution < -0.4 is 0 Å². The summed E-state index contributed by atoms with van der Waals surface area (Å²) in [5.74, 6) is -1.73. The number of hydrogen-bond acceptors (Lipinski definition) is 6. The third-order valence-corrected chi connectivity index (χ3v) is 2.30. The number of carbonyl (C=O) groups excluding carboxylic acids is 2. The summed E-state index contributed by atoms with van der Waals surface area (Å²) in [5.41, 5.74) is 0.686. The van der Waals surface area contributed by atoms with Gasteiger partial charge < -0.3 is 0 Å². The zero-order valence-electron chi connectivity index (χ0n) is 7.76. The zero-order chi connectivity index (χ0) is 11.1. The minimum Gasteiger partial charge on any atom is -0.285 e. The van der Waals surface area contributed by atoms with E-state index in [2.05, 4.69) is 18.6 Å². The van der Waals surface area contributed by atoms with Gasteiger partial charge in [0.1, 0.15) is 0 Å². The molecule has 1 aromatic carbocycles. The molecule has 0 aliphatic heterocycles. The minimum absolute atomic E-state index is 0.0476. The lowest BCUT2D eigenvalue weighted by atomic mass is 9.92. The molecule has 2 aromatic rings. The van der Waals surface area contributed by atoms with E-state index in [4.69, 9.17) is 0 Å². The van der Waals surface area contributed by atoms with Crippen molar-refractivity contribution in [3.8, 4) is 11.3 Å². The second-order valence-electron chi connectivity index (χ2n) is 3.16. The molecule has 0 bridgehead atoms. The Morgan fingerprint density at radius 1 is 0.750 bits per heavy atom. The third-order valence-electron chi connectivity index (χ3n) is 2.30. The van der Waals surface area contributed by atoms with Crippen LogP contribution in [0.2, 0.25) is 0 Å². The van der Waals surface area contributed by atoms with Crippen LogP contribution in [0.25, 0.3) is 11.3 Å². The molecule has 1 heterocycles. The molecule has 6 heteroatoms. The van der Waals surface area contributed by atoms with Crippen molar-refractivity contribution in [2.24, 2.45) is 0 Å². The summed E-state index contributed by atoms with van der Waals surface area (Å²) >= 11 is 0. The molecule has 0 N–H and O–H groups in total. The highest BCUT2D eigenvalue weighted by Crippen LogP contribution is 2.32. The Kier molecular flexibility index (Phi) is 1.64. The molecule has 0 saturated heterocycles. The van der Waals surface area contributed by atoms with Crippen LogP contribution in [-0.2, 0) is 0 Å². The summed E-state index contributed by atoms with van der Waals surface area (Å²) in [6.07, 6.45) is 0. The molecule has 0 unspecified atom stereocenters. The van der Waals surface area contributed by atoms with Crippen LogP contribution in [0.3, 0.4) is 0 Å². The maximum Gasteiger partial charge on any atom is 0.282 e. The summed E-state index contributed by atoms with van der Waals surface area (Å²) in [6, 6.07) is 6.49. The molecule has 6 nitrogen and oxygen atoms in total. The van der Waals surface area contributed by atoms with Crippen molar-refractivity contribution >= 4 is 11.6 Å². The van der Waals surface area contributed by atoms with Crippen molar-refractivity contribution in [1.82, 2.24) is 0 Å². The molecule has 0 fully saturated rings. The Morgan fingerprint density at radius 2 is 1.38 bits per heavy atom. The van der Waals surface area contributed by atoms with E-state index in [1.165, 1.54) is 6.07 Å². The molecule has 0 amide bonds. The van der Waals surface area contributed by atoms with Crippen molar-refractivity contribution in [2.75, 3.05) is 0 Å². The first-order chi connectivity index (χ1) is 7.79. The van der Waals surface area contributed by atoms with Gasteiger partial charge in [-0.05, 0) is 9.47 Å². The molecule has 0 spiro atoms. The van der Waals surface area contributed by atoms with Gasteiger partial charge in [0.15, 0.2) is 0 Å². The van der Waals surface area contributed by atoms with Gasteiger partial charge in [0.05, 0.1) is 0 Å². The molecule has 0 atom stereocenters. The van der Waals surface area contributed by atoms with Gasteiger partial charge in [-0.15, -0.1) is 0 Å². The van der Waals surface area contributed by atoms with E-state index < -0.39 is 11.6 Å². The van der Waals surface area contributed by atoms with Gasteiger partial charge in [-0.1, -0.05) is 24.3 Å². The fourth-order valence-electron chi connectivity index (χ4n) is 1.58. The van der Waals surface area contributed by atoms with E-state index in [0.717, 1.165) is 0 Å². The number of rotatable bonds is 0. The van der Waals surface area contributed by atoms with Gasteiger partial charge in [0, 0.05) is 11.1 Å². The van der Waals surface area contributed by atoms with Gasteiger partial charge >= 0.3 is 0 Å². The molecule has 16 heavy (non-hydrogen) atoms. The predicted molar refractivity (Wildman–Crippen MR) is 47.2 cm³/mol. The standard InChI is InChI=1S/C10H4O6/c11-7-5-3-1-2-4-6(5)9-10(8(7)12)14-16-15-13-9/h1-4H. The first kappa shape index (κ1) is 8.78. The lowest BCUT2D eigenvalue weighted by molar-refractivity contribution is -0.309. The summed E-state index contributed by atoms with van der Waals surface area (Å²) in [4.78, 5) is 23.2. The maximum absolute atomic E-state index is 11.7. The lowest BCUT2D eigenvalue weighted by Gasteiger charge is -2.10. The van der Waals surface area contributed by atoms with Crippen LogP contribution in [0.1, 0.15) is 20.9 Å². The molecule has 1 aromatic heterocycles. The minimum atomic E-state index is -0.822. The van der Waals surface area contributed by atoms with Crippen molar-refractivity contribution in [2.45, 2.75) is 0 Å². The number of Topliss-reactive ketones (excluding diaryl/α,β-unsaturated/α-hetero) is 2. The van der Waals surface area contributed by atoms with E-state index in [1.807, 2.05) is 0 Å². The SMILES string of the molecule is O=C1C(=O)c2ooooc2-c2ccccc21. The largest absolute Gasteiger partial charge is 0.285 e. The average molecular weight is 220 g/mol. The number of ketones is 2. The van der Waals surface area contributed by atoms with Crippen molar-refractivity contribution < 1.29 is 28.2 Å². The van der Waals surface area contributed by atoms with E-state index in [1.54, 1.807) is 18.2 Å². The molecule has 1 aliphatic carbocycles. The lowest BCUT2D eigenvalue weighted by Crippen LogP contribution is -2.20. The number of hydrogen-bond donors (Lipinski definition) is 0. The zero-order valence-corrected chi connectivity index (χ0v) is 7.76. The summed E-state index contributed by atoms with van der Waals surface area (Å²) < 4.78 is 17.3. The Morgan fingerprint density at radius 3 is 2.12 bits per heavy atom. The first-order valence-corrected chi connectivity index (χ1v) is 4.39. The summed E-state index contributed by atoms with van der Waals surface area (Å²) in [7, 11) is 0.